The smallest absolute Gasteiger partial charge is 0.303 e. The van der Waals surface area contributed by atoms with E-state index in [1.165, 1.54) is 22.7 Å². The van der Waals surface area contributed by atoms with Crippen LogP contribution in [0.4, 0.5) is 10.3 Å². The van der Waals surface area contributed by atoms with Crippen molar-refractivity contribution in [2.24, 2.45) is 0 Å². The van der Waals surface area contributed by atoms with Gasteiger partial charge in [-0.05, 0) is 37.1 Å². The van der Waals surface area contributed by atoms with Gasteiger partial charge >= 0.3 is 11.9 Å². The van der Waals surface area contributed by atoms with Crippen molar-refractivity contribution in [1.29, 1.82) is 0 Å². The van der Waals surface area contributed by atoms with Gasteiger partial charge in [-0.15, -0.1) is 0 Å². The van der Waals surface area contributed by atoms with Crippen LogP contribution < -0.4 is 11.5 Å². The van der Waals surface area contributed by atoms with E-state index >= 15 is 0 Å². The van der Waals surface area contributed by atoms with Gasteiger partial charge in [0.15, 0.2) is 10.3 Å². The van der Waals surface area contributed by atoms with Crippen LogP contribution in [0.5, 0.6) is 0 Å². The van der Waals surface area contributed by atoms with E-state index in [4.69, 9.17) is 21.7 Å². The zero-order chi connectivity index (χ0) is 21.9. The van der Waals surface area contributed by atoms with E-state index < -0.39 is 11.9 Å². The molecule has 8 nitrogen and oxygen atoms in total. The minimum Gasteiger partial charge on any atom is -0.481 e. The Morgan fingerprint density at radius 2 is 1.10 bits per heavy atom. The fraction of sp³-hybridized carbons (Fsp3) is 0.200. The number of carboxylic acids is 2. The molecule has 0 radical (unpaired) electrons. The summed E-state index contributed by atoms with van der Waals surface area (Å²) in [6.45, 7) is 0. The highest BCUT2D eigenvalue weighted by Crippen LogP contribution is 2.23. The Kier molecular flexibility index (Phi) is 8.98. The Labute approximate surface area is 180 Å². The topological polar surface area (TPSA) is 152 Å². The number of unbranched alkanes of at least 4 members (excludes halogenated alkanes) is 1. The van der Waals surface area contributed by atoms with Crippen molar-refractivity contribution in [2.45, 2.75) is 25.7 Å². The fourth-order valence-corrected chi connectivity index (χ4v) is 3.80. The van der Waals surface area contributed by atoms with Crippen molar-refractivity contribution in [3.05, 3.63) is 48.5 Å². The number of rotatable bonds is 5. The van der Waals surface area contributed by atoms with Crippen molar-refractivity contribution >= 4 is 65.3 Å². The number of benzene rings is 2. The second-order valence-corrected chi connectivity index (χ2v) is 8.16. The summed E-state index contributed by atoms with van der Waals surface area (Å²) in [5.74, 6) is -1.74. The van der Waals surface area contributed by atoms with E-state index in [1.807, 2.05) is 48.5 Å². The Balaban J connectivity index is 0.000000160. The molecular weight excluding hydrogens is 424 g/mol. The highest BCUT2D eigenvalue weighted by molar-refractivity contribution is 7.22. The standard InChI is InChI=1S/2C7H6N2S.C6H10O4/c2*8-7-9-5-3-1-2-4-6(5)10-7;7-5(8)3-1-2-4-6(9)10/h2*1-4H,(H2,8,9);1-4H2,(H,7,8)(H,9,10). The monoisotopic (exact) mass is 446 g/mol. The number of nitrogen functional groups attached to an aromatic ring is 2. The summed E-state index contributed by atoms with van der Waals surface area (Å²) in [7, 11) is 0. The van der Waals surface area contributed by atoms with Gasteiger partial charge < -0.3 is 21.7 Å². The minimum atomic E-state index is -0.870. The molecule has 0 amide bonds. The Hall–Kier alpha value is -3.24. The zero-order valence-corrected chi connectivity index (χ0v) is 17.7. The molecular formula is C20H22N4O4S2. The van der Waals surface area contributed by atoms with Gasteiger partial charge in [0, 0.05) is 12.8 Å². The highest BCUT2D eigenvalue weighted by Gasteiger charge is 1.99. The first kappa shape index (κ1) is 23.0. The number of aromatic nitrogens is 2. The molecule has 0 atom stereocenters. The predicted octanol–water partition coefficient (Wildman–Crippen LogP) is 4.47. The van der Waals surface area contributed by atoms with Gasteiger partial charge in [-0.25, -0.2) is 9.97 Å². The molecule has 0 aliphatic rings. The molecule has 0 saturated carbocycles. The van der Waals surface area contributed by atoms with Gasteiger partial charge in [0.2, 0.25) is 0 Å². The molecule has 0 bridgehead atoms. The van der Waals surface area contributed by atoms with E-state index in [0.717, 1.165) is 20.4 Å². The largest absolute Gasteiger partial charge is 0.481 e. The zero-order valence-electron chi connectivity index (χ0n) is 16.0. The van der Waals surface area contributed by atoms with E-state index in [-0.39, 0.29) is 12.8 Å². The van der Waals surface area contributed by atoms with Crippen molar-refractivity contribution in [2.75, 3.05) is 11.5 Å². The first-order chi connectivity index (χ1) is 14.3. The molecule has 158 valence electrons. The predicted molar refractivity (Wildman–Crippen MR) is 122 cm³/mol. The van der Waals surface area contributed by atoms with Gasteiger partial charge in [0.1, 0.15) is 0 Å². The maximum atomic E-state index is 9.90. The lowest BCUT2D eigenvalue weighted by Gasteiger charge is -1.92. The number of nitrogens with two attached hydrogens (primary N) is 2. The van der Waals surface area contributed by atoms with Gasteiger partial charge in [-0.2, -0.15) is 0 Å². The molecule has 6 N–H and O–H groups in total. The summed E-state index contributed by atoms with van der Waals surface area (Å²) in [5.41, 5.74) is 13.0. The lowest BCUT2D eigenvalue weighted by molar-refractivity contribution is -0.139. The van der Waals surface area contributed by atoms with Crippen molar-refractivity contribution in [1.82, 2.24) is 9.97 Å². The summed E-state index contributed by atoms with van der Waals surface area (Å²) in [5, 5.41) is 17.5. The van der Waals surface area contributed by atoms with Crippen LogP contribution in [0.1, 0.15) is 25.7 Å². The van der Waals surface area contributed by atoms with Crippen molar-refractivity contribution in [3.63, 3.8) is 0 Å². The summed E-state index contributed by atoms with van der Waals surface area (Å²) < 4.78 is 2.31. The van der Waals surface area contributed by atoms with Crippen LogP contribution in [0, 0.1) is 0 Å². The normalized spacial score (nSPS) is 10.0. The summed E-state index contributed by atoms with van der Waals surface area (Å²) in [6.07, 6.45) is 1.02. The molecule has 0 aliphatic carbocycles. The second kappa shape index (κ2) is 11.7. The minimum absolute atomic E-state index is 0.0628. The number of hydrogen-bond acceptors (Lipinski definition) is 8. The number of carboxylic acid groups (broad SMARTS) is 2. The number of nitrogens with zero attached hydrogens (tertiary/aromatic N) is 2. The molecule has 4 aromatic rings. The maximum Gasteiger partial charge on any atom is 0.303 e. The maximum absolute atomic E-state index is 9.90. The van der Waals surface area contributed by atoms with Gasteiger partial charge in [-0.1, -0.05) is 46.9 Å². The van der Waals surface area contributed by atoms with Gasteiger partial charge in [0.05, 0.1) is 20.4 Å². The van der Waals surface area contributed by atoms with Gasteiger partial charge in [0.25, 0.3) is 0 Å². The third-order valence-corrected chi connectivity index (χ3v) is 5.38. The van der Waals surface area contributed by atoms with Crippen molar-refractivity contribution < 1.29 is 19.8 Å². The number of anilines is 2. The molecule has 2 heterocycles. The third-order valence-electron chi connectivity index (χ3n) is 3.65. The van der Waals surface area contributed by atoms with Crippen LogP contribution in [0.25, 0.3) is 20.4 Å². The number of thiazole rings is 2. The van der Waals surface area contributed by atoms with Crippen LogP contribution in [-0.4, -0.2) is 32.1 Å². The molecule has 0 unspecified atom stereocenters. The number of aliphatic carboxylic acids is 2. The van der Waals surface area contributed by atoms with E-state index in [2.05, 4.69) is 9.97 Å². The van der Waals surface area contributed by atoms with Crippen LogP contribution in [-0.2, 0) is 9.59 Å². The van der Waals surface area contributed by atoms with Crippen molar-refractivity contribution in [3.8, 4) is 0 Å². The molecule has 0 spiro atoms. The lowest BCUT2D eigenvalue weighted by atomic mass is 10.2. The number of hydrogen-bond donors (Lipinski definition) is 4. The molecule has 10 heteroatoms. The first-order valence-corrected chi connectivity index (χ1v) is 10.6. The SMILES string of the molecule is Nc1nc2ccccc2s1.Nc1nc2ccccc2s1.O=C(O)CCCCC(=O)O. The fourth-order valence-electron chi connectivity index (χ4n) is 2.33. The first-order valence-electron chi connectivity index (χ1n) is 9.01. The van der Waals surface area contributed by atoms with E-state index in [9.17, 15) is 9.59 Å². The van der Waals surface area contributed by atoms with Gasteiger partial charge in [-0.3, -0.25) is 9.59 Å². The summed E-state index contributed by atoms with van der Waals surface area (Å²) in [4.78, 5) is 28.0. The Bertz CT molecular complexity index is 956. The van der Waals surface area contributed by atoms with Crippen LogP contribution in [0.3, 0.4) is 0 Å². The average molecular weight is 447 g/mol. The molecule has 30 heavy (non-hydrogen) atoms. The molecule has 2 aromatic heterocycles. The molecule has 4 rings (SSSR count). The Morgan fingerprint density at radius 1 is 0.733 bits per heavy atom. The van der Waals surface area contributed by atoms with Crippen LogP contribution in [0.2, 0.25) is 0 Å². The quantitative estimate of drug-likeness (QED) is 0.328. The number of para-hydroxylation sites is 2. The number of fused-ring (bicyclic) bond motifs is 2. The molecule has 2 aromatic carbocycles. The number of carbonyl (C=O) groups is 2. The van der Waals surface area contributed by atoms with Crippen LogP contribution in [0.15, 0.2) is 48.5 Å². The van der Waals surface area contributed by atoms with E-state index in [0.29, 0.717) is 23.1 Å². The Morgan fingerprint density at radius 3 is 1.43 bits per heavy atom. The average Bonchev–Trinajstić information content (AvgIpc) is 3.26. The molecule has 0 aliphatic heterocycles. The molecule has 0 saturated heterocycles. The summed E-state index contributed by atoms with van der Waals surface area (Å²) >= 11 is 3.04. The summed E-state index contributed by atoms with van der Waals surface area (Å²) in [6, 6.07) is 15.8. The highest BCUT2D eigenvalue weighted by atomic mass is 32.1. The lowest BCUT2D eigenvalue weighted by Crippen LogP contribution is -1.97. The van der Waals surface area contributed by atoms with E-state index in [1.54, 1.807) is 0 Å². The van der Waals surface area contributed by atoms with Crippen LogP contribution >= 0.6 is 22.7 Å². The second-order valence-electron chi connectivity index (χ2n) is 6.03. The third kappa shape index (κ3) is 8.02. The molecule has 0 fully saturated rings.